The van der Waals surface area contributed by atoms with Gasteiger partial charge in [0.15, 0.2) is 0 Å². The van der Waals surface area contributed by atoms with E-state index < -0.39 is 0 Å². The molecule has 0 unspecified atom stereocenters. The average molecular weight is 229 g/mol. The van der Waals surface area contributed by atoms with Gasteiger partial charge in [0, 0.05) is 6.54 Å². The molecule has 2 heterocycles. The highest BCUT2D eigenvalue weighted by molar-refractivity contribution is 5.96. The lowest BCUT2D eigenvalue weighted by molar-refractivity contribution is 0.944. The fourth-order valence-electron chi connectivity index (χ4n) is 2.12. The van der Waals surface area contributed by atoms with E-state index in [1.165, 1.54) is 5.56 Å². The molecule has 1 aliphatic rings. The lowest BCUT2D eigenvalue weighted by atomic mass is 10.1. The normalized spacial score (nSPS) is 15.0. The zero-order valence-corrected chi connectivity index (χ0v) is 9.77. The Morgan fingerprint density at radius 3 is 3.06 bits per heavy atom. The Hall–Kier alpha value is -2.04. The molecule has 0 saturated carbocycles. The molecule has 0 atom stereocenters. The van der Waals surface area contributed by atoms with E-state index in [0.717, 1.165) is 36.5 Å². The van der Waals surface area contributed by atoms with Crippen molar-refractivity contribution >= 4 is 22.9 Å². The SMILES string of the molecule is CCc1ccc2c(c1)nc(N)n2C1=NCCN1. The molecule has 0 saturated heterocycles. The molecule has 0 spiro atoms. The number of nitrogens with zero attached hydrogens (tertiary/aromatic N) is 3. The number of benzene rings is 1. The van der Waals surface area contributed by atoms with E-state index in [-0.39, 0.29) is 0 Å². The van der Waals surface area contributed by atoms with Crippen LogP contribution < -0.4 is 11.1 Å². The standard InChI is InChI=1S/C12H15N5/c1-2-8-3-4-10-9(7-8)16-11(13)17(10)12-14-5-6-15-12/h3-4,7H,2,5-6H2,1H3,(H2,13,16)(H,14,15). The lowest BCUT2D eigenvalue weighted by Crippen LogP contribution is -2.27. The summed E-state index contributed by atoms with van der Waals surface area (Å²) in [6.45, 7) is 3.78. The van der Waals surface area contributed by atoms with Gasteiger partial charge in [-0.15, -0.1) is 0 Å². The molecule has 0 amide bonds. The second-order valence-corrected chi connectivity index (χ2v) is 4.11. The van der Waals surface area contributed by atoms with Crippen molar-refractivity contribution in [3.8, 4) is 0 Å². The Morgan fingerprint density at radius 2 is 2.35 bits per heavy atom. The summed E-state index contributed by atoms with van der Waals surface area (Å²) in [7, 11) is 0. The molecule has 0 radical (unpaired) electrons. The van der Waals surface area contributed by atoms with E-state index in [1.807, 2.05) is 4.57 Å². The fourth-order valence-corrected chi connectivity index (χ4v) is 2.12. The van der Waals surface area contributed by atoms with Crippen molar-refractivity contribution in [1.82, 2.24) is 14.9 Å². The summed E-state index contributed by atoms with van der Waals surface area (Å²) in [6, 6.07) is 6.24. The number of nitrogen functional groups attached to an aromatic ring is 1. The van der Waals surface area contributed by atoms with Crippen LogP contribution in [0, 0.1) is 0 Å². The van der Waals surface area contributed by atoms with Gasteiger partial charge in [-0.1, -0.05) is 13.0 Å². The molecule has 0 fully saturated rings. The summed E-state index contributed by atoms with van der Waals surface area (Å²) < 4.78 is 1.88. The first-order valence-electron chi connectivity index (χ1n) is 5.85. The summed E-state index contributed by atoms with van der Waals surface area (Å²) in [5.41, 5.74) is 9.16. The molecular formula is C12H15N5. The third kappa shape index (κ3) is 1.54. The molecule has 88 valence electrons. The molecule has 1 aliphatic heterocycles. The highest BCUT2D eigenvalue weighted by Crippen LogP contribution is 2.19. The Bertz CT molecular complexity index is 596. The largest absolute Gasteiger partial charge is 0.369 e. The van der Waals surface area contributed by atoms with Gasteiger partial charge in [-0.05, 0) is 24.1 Å². The summed E-state index contributed by atoms with van der Waals surface area (Å²) >= 11 is 0. The maximum absolute atomic E-state index is 5.96. The fraction of sp³-hybridized carbons (Fsp3) is 0.333. The van der Waals surface area contributed by atoms with Crippen LogP contribution in [0.5, 0.6) is 0 Å². The Balaban J connectivity index is 2.21. The first kappa shape index (κ1) is 10.1. The van der Waals surface area contributed by atoms with Crippen molar-refractivity contribution in [3.05, 3.63) is 23.8 Å². The van der Waals surface area contributed by atoms with Crippen molar-refractivity contribution < 1.29 is 0 Å². The molecule has 3 N–H and O–H groups in total. The molecule has 5 nitrogen and oxygen atoms in total. The monoisotopic (exact) mass is 229 g/mol. The second-order valence-electron chi connectivity index (χ2n) is 4.11. The van der Waals surface area contributed by atoms with Crippen LogP contribution in [-0.4, -0.2) is 28.6 Å². The quantitative estimate of drug-likeness (QED) is 0.766. The molecule has 0 bridgehead atoms. The van der Waals surface area contributed by atoms with Gasteiger partial charge in [-0.3, -0.25) is 4.99 Å². The van der Waals surface area contributed by atoms with Gasteiger partial charge in [0.05, 0.1) is 17.6 Å². The number of nitrogens with two attached hydrogens (primary N) is 1. The van der Waals surface area contributed by atoms with Gasteiger partial charge in [0.1, 0.15) is 0 Å². The first-order chi connectivity index (χ1) is 8.29. The minimum atomic E-state index is 0.487. The van der Waals surface area contributed by atoms with Crippen molar-refractivity contribution in [1.29, 1.82) is 0 Å². The molecule has 1 aromatic heterocycles. The van der Waals surface area contributed by atoms with Crippen LogP contribution in [0.15, 0.2) is 23.2 Å². The predicted molar refractivity (Wildman–Crippen MR) is 69.2 cm³/mol. The molecule has 3 rings (SSSR count). The number of imidazole rings is 1. The number of aryl methyl sites for hydroxylation is 1. The van der Waals surface area contributed by atoms with Crippen LogP contribution in [0.1, 0.15) is 12.5 Å². The number of rotatable bonds is 1. The predicted octanol–water partition coefficient (Wildman–Crippen LogP) is 0.988. The van der Waals surface area contributed by atoms with E-state index in [2.05, 4.69) is 40.4 Å². The highest BCUT2D eigenvalue weighted by Gasteiger charge is 2.15. The zero-order valence-electron chi connectivity index (χ0n) is 9.77. The number of hydrogen-bond donors (Lipinski definition) is 2. The number of anilines is 1. The van der Waals surface area contributed by atoms with Gasteiger partial charge < -0.3 is 11.1 Å². The van der Waals surface area contributed by atoms with Crippen LogP contribution >= 0.6 is 0 Å². The summed E-state index contributed by atoms with van der Waals surface area (Å²) in [5.74, 6) is 1.29. The maximum atomic E-state index is 5.96. The second kappa shape index (κ2) is 3.76. The van der Waals surface area contributed by atoms with E-state index in [9.17, 15) is 0 Å². The highest BCUT2D eigenvalue weighted by atomic mass is 15.3. The van der Waals surface area contributed by atoms with Gasteiger partial charge in [-0.25, -0.2) is 9.55 Å². The Morgan fingerprint density at radius 1 is 1.47 bits per heavy atom. The van der Waals surface area contributed by atoms with Crippen LogP contribution in [0.4, 0.5) is 5.95 Å². The van der Waals surface area contributed by atoms with Crippen LogP contribution in [-0.2, 0) is 6.42 Å². The van der Waals surface area contributed by atoms with Crippen LogP contribution in [0.2, 0.25) is 0 Å². The molecule has 2 aromatic rings. The number of aromatic nitrogens is 2. The van der Waals surface area contributed by atoms with Crippen molar-refractivity contribution in [2.75, 3.05) is 18.8 Å². The third-order valence-electron chi connectivity index (χ3n) is 3.02. The number of hydrogen-bond acceptors (Lipinski definition) is 4. The van der Waals surface area contributed by atoms with Crippen molar-refractivity contribution in [2.45, 2.75) is 13.3 Å². The summed E-state index contributed by atoms with van der Waals surface area (Å²) in [4.78, 5) is 8.77. The van der Waals surface area contributed by atoms with Gasteiger partial charge in [0.25, 0.3) is 0 Å². The maximum Gasteiger partial charge on any atom is 0.208 e. The number of aliphatic imine (C=N–C) groups is 1. The molecule has 0 aliphatic carbocycles. The third-order valence-corrected chi connectivity index (χ3v) is 3.02. The van der Waals surface area contributed by atoms with Gasteiger partial charge in [0.2, 0.25) is 11.9 Å². The topological polar surface area (TPSA) is 68.2 Å². The van der Waals surface area contributed by atoms with E-state index in [0.29, 0.717) is 5.95 Å². The molecule has 5 heteroatoms. The van der Waals surface area contributed by atoms with Crippen molar-refractivity contribution in [2.24, 2.45) is 4.99 Å². The Labute approximate surface area is 99.4 Å². The zero-order chi connectivity index (χ0) is 11.8. The number of nitrogens with one attached hydrogen (secondary N) is 1. The molecular weight excluding hydrogens is 214 g/mol. The summed E-state index contributed by atoms with van der Waals surface area (Å²) in [5, 5.41) is 3.21. The van der Waals surface area contributed by atoms with Crippen molar-refractivity contribution in [3.63, 3.8) is 0 Å². The van der Waals surface area contributed by atoms with E-state index >= 15 is 0 Å². The minimum Gasteiger partial charge on any atom is -0.369 e. The average Bonchev–Trinajstić information content (AvgIpc) is 2.93. The first-order valence-corrected chi connectivity index (χ1v) is 5.85. The smallest absolute Gasteiger partial charge is 0.208 e. The van der Waals surface area contributed by atoms with Gasteiger partial charge in [-0.2, -0.15) is 0 Å². The van der Waals surface area contributed by atoms with E-state index in [4.69, 9.17) is 5.73 Å². The van der Waals surface area contributed by atoms with E-state index in [1.54, 1.807) is 0 Å². The Kier molecular flexibility index (Phi) is 2.24. The van der Waals surface area contributed by atoms with Crippen LogP contribution in [0.25, 0.3) is 11.0 Å². The molecule has 1 aromatic carbocycles. The lowest BCUT2D eigenvalue weighted by Gasteiger charge is -2.06. The minimum absolute atomic E-state index is 0.487. The van der Waals surface area contributed by atoms with Gasteiger partial charge >= 0.3 is 0 Å². The van der Waals surface area contributed by atoms with Crippen LogP contribution in [0.3, 0.4) is 0 Å². The molecule has 17 heavy (non-hydrogen) atoms. The number of fused-ring (bicyclic) bond motifs is 1. The summed E-state index contributed by atoms with van der Waals surface area (Å²) in [6.07, 6.45) is 1.00.